The molecule has 0 atom stereocenters. The van der Waals surface area contributed by atoms with Crippen LogP contribution < -0.4 is 15.6 Å². The van der Waals surface area contributed by atoms with Crippen LogP contribution in [0.15, 0.2) is 42.5 Å². The first-order chi connectivity index (χ1) is 13.5. The number of hydrazine groups is 1. The fourth-order valence-electron chi connectivity index (χ4n) is 2.95. The maximum atomic E-state index is 12.3. The van der Waals surface area contributed by atoms with Crippen molar-refractivity contribution in [1.82, 2.24) is 20.4 Å². The highest BCUT2D eigenvalue weighted by molar-refractivity contribution is 5.98. The number of fused-ring (bicyclic) bond motifs is 1. The SMILES string of the molecule is CCn1c(C)nc2cc(C(=O)NNC(=O)CCOc3ccc(C)cc3)ccc21. The monoisotopic (exact) mass is 380 g/mol. The Kier molecular flexibility index (Phi) is 5.93. The topological polar surface area (TPSA) is 85.3 Å². The van der Waals surface area contributed by atoms with E-state index in [0.717, 1.165) is 29.0 Å². The molecule has 146 valence electrons. The summed E-state index contributed by atoms with van der Waals surface area (Å²) in [4.78, 5) is 28.7. The first-order valence-corrected chi connectivity index (χ1v) is 9.23. The number of aryl methyl sites for hydroxylation is 3. The Labute approximate surface area is 163 Å². The number of rotatable bonds is 6. The van der Waals surface area contributed by atoms with Gasteiger partial charge in [-0.1, -0.05) is 17.7 Å². The van der Waals surface area contributed by atoms with Crippen molar-refractivity contribution in [3.8, 4) is 5.75 Å². The average molecular weight is 380 g/mol. The number of aromatic nitrogens is 2. The average Bonchev–Trinajstić information content (AvgIpc) is 3.01. The van der Waals surface area contributed by atoms with Crippen molar-refractivity contribution in [3.05, 3.63) is 59.4 Å². The van der Waals surface area contributed by atoms with Gasteiger partial charge in [0.2, 0.25) is 5.91 Å². The fraction of sp³-hybridized carbons (Fsp3) is 0.286. The van der Waals surface area contributed by atoms with Crippen molar-refractivity contribution >= 4 is 22.8 Å². The van der Waals surface area contributed by atoms with Crippen LogP contribution in [0.2, 0.25) is 0 Å². The zero-order valence-electron chi connectivity index (χ0n) is 16.3. The van der Waals surface area contributed by atoms with Gasteiger partial charge in [0, 0.05) is 12.1 Å². The number of ether oxygens (including phenoxy) is 1. The molecule has 28 heavy (non-hydrogen) atoms. The Bertz CT molecular complexity index is 993. The van der Waals surface area contributed by atoms with Gasteiger partial charge in [0.1, 0.15) is 11.6 Å². The zero-order valence-corrected chi connectivity index (χ0v) is 16.3. The number of hydrogen-bond acceptors (Lipinski definition) is 4. The van der Waals surface area contributed by atoms with Gasteiger partial charge in [-0.15, -0.1) is 0 Å². The van der Waals surface area contributed by atoms with Crippen LogP contribution in [0.3, 0.4) is 0 Å². The standard InChI is InChI=1S/C21H24N4O3/c1-4-25-15(3)22-18-13-16(7-10-19(18)25)21(27)24-23-20(26)11-12-28-17-8-5-14(2)6-9-17/h5-10,13H,4,11-12H2,1-3H3,(H,23,26)(H,24,27). The first kappa shape index (κ1) is 19.4. The number of nitrogens with zero attached hydrogens (tertiary/aromatic N) is 2. The molecular formula is C21H24N4O3. The second kappa shape index (κ2) is 8.56. The first-order valence-electron chi connectivity index (χ1n) is 9.23. The van der Waals surface area contributed by atoms with E-state index in [1.165, 1.54) is 0 Å². The predicted molar refractivity (Wildman–Crippen MR) is 107 cm³/mol. The second-order valence-electron chi connectivity index (χ2n) is 6.52. The van der Waals surface area contributed by atoms with Crippen molar-refractivity contribution in [2.24, 2.45) is 0 Å². The molecule has 2 amide bonds. The highest BCUT2D eigenvalue weighted by Crippen LogP contribution is 2.17. The van der Waals surface area contributed by atoms with Crippen LogP contribution in [0.25, 0.3) is 11.0 Å². The van der Waals surface area contributed by atoms with E-state index in [-0.39, 0.29) is 18.9 Å². The van der Waals surface area contributed by atoms with E-state index in [2.05, 4.69) is 20.4 Å². The van der Waals surface area contributed by atoms with E-state index >= 15 is 0 Å². The zero-order chi connectivity index (χ0) is 20.1. The molecule has 0 fully saturated rings. The summed E-state index contributed by atoms with van der Waals surface area (Å²) in [5.41, 5.74) is 8.15. The van der Waals surface area contributed by atoms with Crippen molar-refractivity contribution in [2.75, 3.05) is 6.61 Å². The molecule has 0 aliphatic rings. The molecule has 2 N–H and O–H groups in total. The molecular weight excluding hydrogens is 356 g/mol. The van der Waals surface area contributed by atoms with E-state index in [9.17, 15) is 9.59 Å². The molecule has 3 aromatic rings. The Hall–Kier alpha value is -3.35. The Morgan fingerprint density at radius 2 is 1.82 bits per heavy atom. The lowest BCUT2D eigenvalue weighted by molar-refractivity contribution is -0.122. The van der Waals surface area contributed by atoms with Crippen LogP contribution >= 0.6 is 0 Å². The number of hydrogen-bond donors (Lipinski definition) is 2. The normalized spacial score (nSPS) is 10.7. The Morgan fingerprint density at radius 1 is 1.07 bits per heavy atom. The summed E-state index contributed by atoms with van der Waals surface area (Å²) < 4.78 is 7.59. The summed E-state index contributed by atoms with van der Waals surface area (Å²) in [6.07, 6.45) is 0.132. The number of amides is 2. The number of imidazole rings is 1. The van der Waals surface area contributed by atoms with Crippen LogP contribution in [0, 0.1) is 13.8 Å². The maximum absolute atomic E-state index is 12.3. The van der Waals surface area contributed by atoms with E-state index in [1.807, 2.05) is 51.1 Å². The molecule has 0 radical (unpaired) electrons. The molecule has 0 unspecified atom stereocenters. The molecule has 0 aliphatic heterocycles. The third-order valence-electron chi connectivity index (χ3n) is 4.45. The van der Waals surface area contributed by atoms with Gasteiger partial charge in [-0.25, -0.2) is 4.98 Å². The van der Waals surface area contributed by atoms with Crippen molar-refractivity contribution < 1.29 is 14.3 Å². The second-order valence-corrected chi connectivity index (χ2v) is 6.52. The molecule has 0 saturated carbocycles. The van der Waals surface area contributed by atoms with Crippen LogP contribution in [-0.2, 0) is 11.3 Å². The minimum absolute atomic E-state index is 0.132. The van der Waals surface area contributed by atoms with E-state index < -0.39 is 5.91 Å². The molecule has 0 aliphatic carbocycles. The summed E-state index contributed by atoms with van der Waals surface area (Å²) in [6.45, 7) is 7.02. The van der Waals surface area contributed by atoms with E-state index in [1.54, 1.807) is 12.1 Å². The minimum atomic E-state index is -0.390. The Morgan fingerprint density at radius 3 is 2.54 bits per heavy atom. The van der Waals surface area contributed by atoms with Gasteiger partial charge < -0.3 is 9.30 Å². The molecule has 2 aromatic carbocycles. The maximum Gasteiger partial charge on any atom is 0.269 e. The number of carbonyl (C=O) groups is 2. The van der Waals surface area contributed by atoms with Gasteiger partial charge >= 0.3 is 0 Å². The number of carbonyl (C=O) groups excluding carboxylic acids is 2. The van der Waals surface area contributed by atoms with Crippen molar-refractivity contribution in [1.29, 1.82) is 0 Å². The quantitative estimate of drug-likeness (QED) is 0.644. The fourth-order valence-corrected chi connectivity index (χ4v) is 2.95. The Balaban J connectivity index is 1.50. The van der Waals surface area contributed by atoms with Gasteiger partial charge in [0.05, 0.1) is 24.1 Å². The van der Waals surface area contributed by atoms with Gasteiger partial charge in [0.25, 0.3) is 5.91 Å². The lowest BCUT2D eigenvalue weighted by Gasteiger charge is -2.09. The lowest BCUT2D eigenvalue weighted by Crippen LogP contribution is -2.42. The number of nitrogens with one attached hydrogen (secondary N) is 2. The van der Waals surface area contributed by atoms with Crippen molar-refractivity contribution in [3.63, 3.8) is 0 Å². The smallest absolute Gasteiger partial charge is 0.269 e. The lowest BCUT2D eigenvalue weighted by atomic mass is 10.2. The van der Waals surface area contributed by atoms with Crippen LogP contribution in [0.1, 0.15) is 35.1 Å². The van der Waals surface area contributed by atoms with Crippen molar-refractivity contribution in [2.45, 2.75) is 33.7 Å². The van der Waals surface area contributed by atoms with E-state index in [4.69, 9.17) is 4.74 Å². The largest absolute Gasteiger partial charge is 0.493 e. The summed E-state index contributed by atoms with van der Waals surface area (Å²) in [6, 6.07) is 12.9. The molecule has 7 heteroatoms. The van der Waals surface area contributed by atoms with Gasteiger partial charge in [0.15, 0.2) is 0 Å². The molecule has 1 heterocycles. The van der Waals surface area contributed by atoms with Gasteiger partial charge in [-0.3, -0.25) is 20.4 Å². The molecule has 0 bridgehead atoms. The third-order valence-corrected chi connectivity index (χ3v) is 4.45. The minimum Gasteiger partial charge on any atom is -0.493 e. The van der Waals surface area contributed by atoms with Gasteiger partial charge in [-0.05, 0) is 51.1 Å². The molecule has 1 aromatic heterocycles. The van der Waals surface area contributed by atoms with Gasteiger partial charge in [-0.2, -0.15) is 0 Å². The highest BCUT2D eigenvalue weighted by atomic mass is 16.5. The molecule has 7 nitrogen and oxygen atoms in total. The highest BCUT2D eigenvalue weighted by Gasteiger charge is 2.12. The van der Waals surface area contributed by atoms with Crippen LogP contribution in [0.4, 0.5) is 0 Å². The number of benzene rings is 2. The van der Waals surface area contributed by atoms with Crippen LogP contribution in [-0.4, -0.2) is 28.0 Å². The summed E-state index contributed by atoms with van der Waals surface area (Å²) in [5, 5.41) is 0. The summed E-state index contributed by atoms with van der Waals surface area (Å²) >= 11 is 0. The summed E-state index contributed by atoms with van der Waals surface area (Å²) in [5.74, 6) is 0.889. The third kappa shape index (κ3) is 4.49. The van der Waals surface area contributed by atoms with Crippen LogP contribution in [0.5, 0.6) is 5.75 Å². The summed E-state index contributed by atoms with van der Waals surface area (Å²) in [7, 11) is 0. The molecule has 0 spiro atoms. The molecule has 0 saturated heterocycles. The van der Waals surface area contributed by atoms with E-state index in [0.29, 0.717) is 11.3 Å². The predicted octanol–water partition coefficient (Wildman–Crippen LogP) is 2.90. The molecule has 3 rings (SSSR count).